The van der Waals surface area contributed by atoms with Crippen molar-refractivity contribution >= 4 is 0 Å². The number of allylic oxidation sites excluding steroid dienone is 1. The monoisotopic (exact) mass is 209 g/mol. The molecular formula is C14H27N. The van der Waals surface area contributed by atoms with E-state index < -0.39 is 0 Å². The average molecular weight is 209 g/mol. The number of unbranched alkanes of at least 4 members (excludes halogenated alkanes) is 1. The van der Waals surface area contributed by atoms with Crippen LogP contribution >= 0.6 is 0 Å². The van der Waals surface area contributed by atoms with Gasteiger partial charge in [0.1, 0.15) is 0 Å². The van der Waals surface area contributed by atoms with Crippen LogP contribution in [0.4, 0.5) is 0 Å². The summed E-state index contributed by atoms with van der Waals surface area (Å²) in [4.78, 5) is 0. The maximum atomic E-state index is 3.79. The van der Waals surface area contributed by atoms with Gasteiger partial charge in [-0.3, -0.25) is 0 Å². The van der Waals surface area contributed by atoms with Crippen LogP contribution in [0.2, 0.25) is 0 Å². The van der Waals surface area contributed by atoms with Crippen LogP contribution in [0.3, 0.4) is 0 Å². The van der Waals surface area contributed by atoms with Crippen molar-refractivity contribution in [1.82, 2.24) is 5.32 Å². The van der Waals surface area contributed by atoms with Gasteiger partial charge in [0.25, 0.3) is 0 Å². The molecule has 2 unspecified atom stereocenters. The summed E-state index contributed by atoms with van der Waals surface area (Å²) in [5.74, 6) is 1.89. The third kappa shape index (κ3) is 4.83. The topological polar surface area (TPSA) is 12.0 Å². The highest BCUT2D eigenvalue weighted by Gasteiger charge is 2.32. The lowest BCUT2D eigenvalue weighted by atomic mass is 9.92. The van der Waals surface area contributed by atoms with Crippen molar-refractivity contribution in [2.75, 3.05) is 6.54 Å². The molecule has 1 N–H and O–H groups in total. The van der Waals surface area contributed by atoms with Gasteiger partial charge in [0, 0.05) is 6.04 Å². The first kappa shape index (κ1) is 12.8. The van der Waals surface area contributed by atoms with E-state index in [1.54, 1.807) is 0 Å². The van der Waals surface area contributed by atoms with E-state index in [2.05, 4.69) is 25.7 Å². The largest absolute Gasteiger partial charge is 0.314 e. The molecular weight excluding hydrogens is 182 g/mol. The summed E-state index contributed by atoms with van der Waals surface area (Å²) in [6, 6.07) is 0.748. The molecule has 2 atom stereocenters. The Morgan fingerprint density at radius 3 is 2.73 bits per heavy atom. The second-order valence-electron chi connectivity index (χ2n) is 4.98. The molecule has 88 valence electrons. The zero-order chi connectivity index (χ0) is 11.1. The smallest absolute Gasteiger partial charge is 0.00954 e. The highest BCUT2D eigenvalue weighted by atomic mass is 14.9. The van der Waals surface area contributed by atoms with Gasteiger partial charge in [-0.05, 0) is 56.9 Å². The molecule has 0 aliphatic heterocycles. The third-order valence-corrected chi connectivity index (χ3v) is 3.58. The molecule has 0 aromatic rings. The Hall–Kier alpha value is -0.300. The second kappa shape index (κ2) is 7.05. The molecule has 1 rings (SSSR count). The number of nitrogens with one attached hydrogen (secondary N) is 1. The molecule has 0 amide bonds. The molecule has 1 saturated carbocycles. The minimum absolute atomic E-state index is 0.748. The molecule has 0 radical (unpaired) electrons. The normalized spacial score (nSPS) is 19.9. The molecule has 1 aliphatic rings. The molecule has 0 bridgehead atoms. The Labute approximate surface area is 95.3 Å². The Balaban J connectivity index is 2.26. The fourth-order valence-electron chi connectivity index (χ4n) is 2.31. The fourth-order valence-corrected chi connectivity index (χ4v) is 2.31. The van der Waals surface area contributed by atoms with Gasteiger partial charge in [0.2, 0.25) is 0 Å². The summed E-state index contributed by atoms with van der Waals surface area (Å²) < 4.78 is 0. The minimum Gasteiger partial charge on any atom is -0.314 e. The first-order chi connectivity index (χ1) is 7.29. The standard InChI is InChI=1S/C14H27N/c1-4-6-7-8-14(15-11-5-2)12(3)13-9-10-13/h4,12-15H,1,5-11H2,2-3H3. The van der Waals surface area contributed by atoms with Gasteiger partial charge < -0.3 is 5.32 Å². The van der Waals surface area contributed by atoms with Crippen LogP contribution in [0, 0.1) is 11.8 Å². The van der Waals surface area contributed by atoms with Gasteiger partial charge in [0.05, 0.1) is 0 Å². The molecule has 1 nitrogen and oxygen atoms in total. The van der Waals surface area contributed by atoms with E-state index in [-0.39, 0.29) is 0 Å². The molecule has 1 fully saturated rings. The first-order valence-corrected chi connectivity index (χ1v) is 6.63. The molecule has 0 aromatic carbocycles. The summed E-state index contributed by atoms with van der Waals surface area (Å²) in [5.41, 5.74) is 0. The summed E-state index contributed by atoms with van der Waals surface area (Å²) in [7, 11) is 0. The van der Waals surface area contributed by atoms with Crippen molar-refractivity contribution < 1.29 is 0 Å². The van der Waals surface area contributed by atoms with Gasteiger partial charge in [-0.1, -0.05) is 19.9 Å². The molecule has 0 aromatic heterocycles. The summed E-state index contributed by atoms with van der Waals surface area (Å²) >= 11 is 0. The third-order valence-electron chi connectivity index (χ3n) is 3.58. The average Bonchev–Trinajstić information content (AvgIpc) is 3.06. The van der Waals surface area contributed by atoms with Gasteiger partial charge in [-0.15, -0.1) is 6.58 Å². The van der Waals surface area contributed by atoms with Gasteiger partial charge in [0.15, 0.2) is 0 Å². The van der Waals surface area contributed by atoms with E-state index in [4.69, 9.17) is 0 Å². The Kier molecular flexibility index (Phi) is 6.00. The lowest BCUT2D eigenvalue weighted by molar-refractivity contribution is 0.320. The van der Waals surface area contributed by atoms with Crippen LogP contribution in [0.15, 0.2) is 12.7 Å². The SMILES string of the molecule is C=CCCCC(NCCC)C(C)C1CC1. The van der Waals surface area contributed by atoms with Crippen LogP contribution in [-0.4, -0.2) is 12.6 Å². The molecule has 1 heteroatoms. The molecule has 0 saturated heterocycles. The molecule has 0 heterocycles. The minimum atomic E-state index is 0.748. The van der Waals surface area contributed by atoms with Crippen LogP contribution in [0.25, 0.3) is 0 Å². The van der Waals surface area contributed by atoms with Crippen molar-refractivity contribution in [2.24, 2.45) is 11.8 Å². The van der Waals surface area contributed by atoms with Crippen LogP contribution < -0.4 is 5.32 Å². The number of rotatable bonds is 9. The van der Waals surface area contributed by atoms with E-state index in [1.165, 1.54) is 45.1 Å². The summed E-state index contributed by atoms with van der Waals surface area (Å²) in [5, 5.41) is 3.72. The van der Waals surface area contributed by atoms with E-state index in [0.29, 0.717) is 0 Å². The maximum absolute atomic E-state index is 3.79. The van der Waals surface area contributed by atoms with Crippen LogP contribution in [0.1, 0.15) is 52.4 Å². The van der Waals surface area contributed by atoms with Gasteiger partial charge in [-0.2, -0.15) is 0 Å². The van der Waals surface area contributed by atoms with Gasteiger partial charge in [-0.25, -0.2) is 0 Å². The zero-order valence-corrected chi connectivity index (χ0v) is 10.5. The fraction of sp³-hybridized carbons (Fsp3) is 0.857. The summed E-state index contributed by atoms with van der Waals surface area (Å²) in [6.07, 6.45) is 10.0. The van der Waals surface area contributed by atoms with Crippen molar-refractivity contribution in [3.8, 4) is 0 Å². The van der Waals surface area contributed by atoms with E-state index in [9.17, 15) is 0 Å². The Bertz CT molecular complexity index is 172. The molecule has 1 aliphatic carbocycles. The highest BCUT2D eigenvalue weighted by Crippen LogP contribution is 2.39. The predicted molar refractivity (Wildman–Crippen MR) is 68.0 cm³/mol. The highest BCUT2D eigenvalue weighted by molar-refractivity contribution is 4.86. The molecule has 15 heavy (non-hydrogen) atoms. The zero-order valence-electron chi connectivity index (χ0n) is 10.5. The number of hydrogen-bond acceptors (Lipinski definition) is 1. The Morgan fingerprint density at radius 1 is 1.47 bits per heavy atom. The first-order valence-electron chi connectivity index (χ1n) is 6.63. The van der Waals surface area contributed by atoms with Crippen LogP contribution in [0.5, 0.6) is 0 Å². The van der Waals surface area contributed by atoms with E-state index >= 15 is 0 Å². The Morgan fingerprint density at radius 2 is 2.20 bits per heavy atom. The van der Waals surface area contributed by atoms with Crippen molar-refractivity contribution in [3.63, 3.8) is 0 Å². The van der Waals surface area contributed by atoms with Crippen molar-refractivity contribution in [1.29, 1.82) is 0 Å². The van der Waals surface area contributed by atoms with Crippen molar-refractivity contribution in [2.45, 2.75) is 58.4 Å². The quantitative estimate of drug-likeness (QED) is 0.450. The second-order valence-corrected chi connectivity index (χ2v) is 4.98. The number of hydrogen-bond donors (Lipinski definition) is 1. The van der Waals surface area contributed by atoms with Gasteiger partial charge >= 0.3 is 0 Å². The lowest BCUT2D eigenvalue weighted by Gasteiger charge is -2.25. The molecule has 0 spiro atoms. The summed E-state index contributed by atoms with van der Waals surface area (Å²) in [6.45, 7) is 9.64. The maximum Gasteiger partial charge on any atom is 0.00954 e. The van der Waals surface area contributed by atoms with Crippen molar-refractivity contribution in [3.05, 3.63) is 12.7 Å². The predicted octanol–water partition coefficient (Wildman–Crippen LogP) is 3.76. The van der Waals surface area contributed by atoms with E-state index in [0.717, 1.165) is 17.9 Å². The van der Waals surface area contributed by atoms with Crippen LogP contribution in [-0.2, 0) is 0 Å². The van der Waals surface area contributed by atoms with E-state index in [1.807, 2.05) is 6.08 Å². The lowest BCUT2D eigenvalue weighted by Crippen LogP contribution is -2.36.